The highest BCUT2D eigenvalue weighted by Gasteiger charge is 2.36. The van der Waals surface area contributed by atoms with Crippen LogP contribution in [0.15, 0.2) is 21.6 Å². The lowest BCUT2D eigenvalue weighted by atomic mass is 10.2. The highest BCUT2D eigenvalue weighted by Crippen LogP contribution is 2.31. The van der Waals surface area contributed by atoms with Crippen LogP contribution in [0.4, 0.5) is 5.82 Å². The van der Waals surface area contributed by atoms with Crippen LogP contribution < -0.4 is 5.32 Å². The van der Waals surface area contributed by atoms with E-state index in [9.17, 15) is 8.42 Å². The Bertz CT molecular complexity index is 592. The van der Waals surface area contributed by atoms with Crippen molar-refractivity contribution in [1.82, 2.24) is 9.29 Å². The molecule has 1 aliphatic rings. The molecule has 1 N–H and O–H groups in total. The first-order valence-electron chi connectivity index (χ1n) is 7.42. The normalized spacial score (nSPS) is 19.9. The highest BCUT2D eigenvalue weighted by atomic mass is 79.9. The summed E-state index contributed by atoms with van der Waals surface area (Å²) in [6.45, 7) is 5.37. The second-order valence-corrected chi connectivity index (χ2v) is 8.02. The smallest absolute Gasteiger partial charge is 0.247 e. The van der Waals surface area contributed by atoms with E-state index < -0.39 is 10.0 Å². The monoisotopic (exact) mass is 375 g/mol. The Balaban J connectivity index is 2.41. The van der Waals surface area contributed by atoms with Crippen LogP contribution in [0.5, 0.6) is 0 Å². The van der Waals surface area contributed by atoms with Crippen LogP contribution in [0.1, 0.15) is 39.5 Å². The molecule has 0 amide bonds. The first-order chi connectivity index (χ1) is 10.0. The molecule has 0 radical (unpaired) electrons. The van der Waals surface area contributed by atoms with E-state index in [-0.39, 0.29) is 10.9 Å². The van der Waals surface area contributed by atoms with Crippen LogP contribution >= 0.6 is 15.9 Å². The number of nitrogens with zero attached hydrogens (tertiary/aromatic N) is 2. The van der Waals surface area contributed by atoms with E-state index in [1.807, 2.05) is 13.8 Å². The van der Waals surface area contributed by atoms with Gasteiger partial charge in [0.15, 0.2) is 0 Å². The molecule has 7 heteroatoms. The minimum Gasteiger partial charge on any atom is -0.369 e. The number of rotatable bonds is 6. The predicted molar refractivity (Wildman–Crippen MR) is 87.9 cm³/mol. The fraction of sp³-hybridized carbons (Fsp3) is 0.643. The lowest BCUT2D eigenvalue weighted by molar-refractivity contribution is 0.379. The minimum atomic E-state index is -3.51. The van der Waals surface area contributed by atoms with Gasteiger partial charge in [-0.1, -0.05) is 13.8 Å². The molecule has 0 bridgehead atoms. The highest BCUT2D eigenvalue weighted by molar-refractivity contribution is 9.10. The number of halogens is 1. The molecule has 2 heterocycles. The summed E-state index contributed by atoms with van der Waals surface area (Å²) in [5.74, 6) is 0.446. The van der Waals surface area contributed by atoms with Gasteiger partial charge in [0.2, 0.25) is 10.0 Å². The van der Waals surface area contributed by atoms with Gasteiger partial charge in [-0.05, 0) is 47.7 Å². The van der Waals surface area contributed by atoms with Crippen LogP contribution in [0.2, 0.25) is 0 Å². The Kier molecular flexibility index (Phi) is 5.62. The molecular weight excluding hydrogens is 354 g/mol. The van der Waals surface area contributed by atoms with Crippen molar-refractivity contribution < 1.29 is 8.42 Å². The number of hydrogen-bond donors (Lipinski definition) is 1. The van der Waals surface area contributed by atoms with Crippen LogP contribution in [0.25, 0.3) is 0 Å². The van der Waals surface area contributed by atoms with Gasteiger partial charge in [0.05, 0.1) is 0 Å². The molecule has 0 aliphatic carbocycles. The molecule has 1 aromatic rings. The second-order valence-electron chi connectivity index (χ2n) is 5.25. The van der Waals surface area contributed by atoms with Crippen LogP contribution in [-0.4, -0.2) is 36.8 Å². The van der Waals surface area contributed by atoms with Crippen LogP contribution in [0, 0.1) is 0 Å². The summed E-state index contributed by atoms with van der Waals surface area (Å²) in [4.78, 5) is 4.51. The van der Waals surface area contributed by atoms with Gasteiger partial charge in [0.25, 0.3) is 0 Å². The summed E-state index contributed by atoms with van der Waals surface area (Å²) in [7, 11) is -3.51. The quantitative estimate of drug-likeness (QED) is 0.828. The zero-order valence-electron chi connectivity index (χ0n) is 12.5. The molecule has 5 nitrogen and oxygen atoms in total. The molecule has 21 heavy (non-hydrogen) atoms. The van der Waals surface area contributed by atoms with Gasteiger partial charge in [-0.3, -0.25) is 0 Å². The zero-order chi connectivity index (χ0) is 15.5. The number of nitrogens with one attached hydrogen (secondary N) is 1. The maximum absolute atomic E-state index is 13.0. The SMILES string of the molecule is CCCNc1ncc(Br)cc1S(=O)(=O)N1CCCC1CC. The molecule has 0 spiro atoms. The molecular formula is C14H22BrN3O2S. The Hall–Kier alpha value is -0.660. The van der Waals surface area contributed by atoms with Crippen molar-refractivity contribution in [2.45, 2.75) is 50.5 Å². The van der Waals surface area contributed by atoms with Crippen molar-refractivity contribution >= 4 is 31.8 Å². The van der Waals surface area contributed by atoms with Crippen LogP contribution in [0.3, 0.4) is 0 Å². The molecule has 118 valence electrons. The van der Waals surface area contributed by atoms with E-state index in [1.165, 1.54) is 0 Å². The van der Waals surface area contributed by atoms with E-state index in [4.69, 9.17) is 0 Å². The van der Waals surface area contributed by atoms with Crippen molar-refractivity contribution in [2.24, 2.45) is 0 Å². The van der Waals surface area contributed by atoms with Crippen molar-refractivity contribution in [1.29, 1.82) is 0 Å². The van der Waals surface area contributed by atoms with Gasteiger partial charge >= 0.3 is 0 Å². The molecule has 1 aliphatic heterocycles. The van der Waals surface area contributed by atoms with Crippen molar-refractivity contribution in [2.75, 3.05) is 18.4 Å². The van der Waals surface area contributed by atoms with Gasteiger partial charge in [-0.15, -0.1) is 0 Å². The average molecular weight is 376 g/mol. The van der Waals surface area contributed by atoms with Crippen molar-refractivity contribution in [3.8, 4) is 0 Å². The molecule has 1 aromatic heterocycles. The van der Waals surface area contributed by atoms with Crippen LogP contribution in [-0.2, 0) is 10.0 Å². The van der Waals surface area contributed by atoms with E-state index >= 15 is 0 Å². The molecule has 1 unspecified atom stereocenters. The van der Waals surface area contributed by atoms with E-state index in [0.717, 1.165) is 25.7 Å². The van der Waals surface area contributed by atoms with Gasteiger partial charge in [0, 0.05) is 29.8 Å². The third-order valence-electron chi connectivity index (χ3n) is 3.74. The van der Waals surface area contributed by atoms with Gasteiger partial charge < -0.3 is 5.32 Å². The lowest BCUT2D eigenvalue weighted by Gasteiger charge is -2.24. The van der Waals surface area contributed by atoms with E-state index in [0.29, 0.717) is 23.4 Å². The third kappa shape index (κ3) is 3.57. The number of pyridine rings is 1. The Morgan fingerprint density at radius 3 is 2.90 bits per heavy atom. The first-order valence-corrected chi connectivity index (χ1v) is 9.65. The number of anilines is 1. The largest absolute Gasteiger partial charge is 0.369 e. The molecule has 2 rings (SSSR count). The first kappa shape index (κ1) is 16.7. The topological polar surface area (TPSA) is 62.3 Å². The van der Waals surface area contributed by atoms with Gasteiger partial charge in [-0.25, -0.2) is 13.4 Å². The summed E-state index contributed by atoms with van der Waals surface area (Å²) in [5.41, 5.74) is 0. The lowest BCUT2D eigenvalue weighted by Crippen LogP contribution is -2.35. The number of sulfonamides is 1. The molecule has 1 fully saturated rings. The molecule has 0 aromatic carbocycles. The molecule has 1 saturated heterocycles. The fourth-order valence-corrected chi connectivity index (χ4v) is 5.05. The average Bonchev–Trinajstić information content (AvgIpc) is 2.95. The summed E-state index contributed by atoms with van der Waals surface area (Å²) >= 11 is 3.32. The minimum absolute atomic E-state index is 0.105. The maximum Gasteiger partial charge on any atom is 0.247 e. The Morgan fingerprint density at radius 2 is 2.24 bits per heavy atom. The summed E-state index contributed by atoms with van der Waals surface area (Å²) < 4.78 is 28.2. The predicted octanol–water partition coefficient (Wildman–Crippen LogP) is 3.23. The fourth-order valence-electron chi connectivity index (χ4n) is 2.65. The third-order valence-corrected chi connectivity index (χ3v) is 6.14. The maximum atomic E-state index is 13.0. The number of aromatic nitrogens is 1. The van der Waals surface area contributed by atoms with E-state index in [1.54, 1.807) is 16.6 Å². The Morgan fingerprint density at radius 1 is 1.48 bits per heavy atom. The second kappa shape index (κ2) is 7.07. The summed E-state index contributed by atoms with van der Waals surface area (Å²) in [5, 5.41) is 3.11. The van der Waals surface area contributed by atoms with Gasteiger partial charge in [0.1, 0.15) is 10.7 Å². The zero-order valence-corrected chi connectivity index (χ0v) is 14.9. The number of hydrogen-bond acceptors (Lipinski definition) is 4. The molecule has 1 atom stereocenters. The summed E-state index contributed by atoms with van der Waals surface area (Å²) in [6, 6.07) is 1.75. The molecule has 0 saturated carbocycles. The van der Waals surface area contributed by atoms with E-state index in [2.05, 4.69) is 26.2 Å². The standard InChI is InChI=1S/C14H22BrN3O2S/c1-3-7-16-14-13(9-11(15)10-17-14)21(19,20)18-8-5-6-12(18)4-2/h9-10,12H,3-8H2,1-2H3,(H,16,17). The van der Waals surface area contributed by atoms with Crippen molar-refractivity contribution in [3.05, 3.63) is 16.7 Å². The summed E-state index contributed by atoms with van der Waals surface area (Å²) in [6.07, 6.45) is 5.25. The van der Waals surface area contributed by atoms with Gasteiger partial charge in [-0.2, -0.15) is 4.31 Å². The Labute approximate surface area is 135 Å². The van der Waals surface area contributed by atoms with Crippen molar-refractivity contribution in [3.63, 3.8) is 0 Å².